The Hall–Kier alpha value is -3.64. The lowest BCUT2D eigenvalue weighted by molar-refractivity contribution is -0.135. The maximum absolute atomic E-state index is 13.3. The highest BCUT2D eigenvalue weighted by atomic mass is 16.5. The molecule has 0 aliphatic carbocycles. The molecule has 2 amide bonds. The molecule has 0 aliphatic rings. The van der Waals surface area contributed by atoms with Crippen LogP contribution in [0.4, 0.5) is 0 Å². The number of benzene rings is 3. The molecular weight excluding hydrogens is 452 g/mol. The van der Waals surface area contributed by atoms with Crippen molar-refractivity contribution in [3.63, 3.8) is 0 Å². The molecule has 3 rings (SSSR count). The number of methoxy groups -OCH3 is 1. The first kappa shape index (κ1) is 27.0. The maximum Gasteiger partial charge on any atom is 0.273 e. The van der Waals surface area contributed by atoms with Gasteiger partial charge in [-0.25, -0.2) is 0 Å². The van der Waals surface area contributed by atoms with Gasteiger partial charge in [0, 0.05) is 19.6 Å². The number of rotatable bonds is 10. The third-order valence-electron chi connectivity index (χ3n) is 6.20. The molecule has 3 aromatic rings. The van der Waals surface area contributed by atoms with Gasteiger partial charge in [0.15, 0.2) is 0 Å². The Kier molecular flexibility index (Phi) is 9.65. The van der Waals surface area contributed by atoms with Crippen LogP contribution in [0.5, 0.6) is 5.75 Å². The summed E-state index contributed by atoms with van der Waals surface area (Å²) in [5.41, 5.74) is 9.05. The third kappa shape index (κ3) is 6.73. The van der Waals surface area contributed by atoms with E-state index in [0.717, 1.165) is 11.1 Å². The predicted molar refractivity (Wildman–Crippen MR) is 143 cm³/mol. The zero-order chi connectivity index (χ0) is 26.1. The van der Waals surface area contributed by atoms with E-state index in [4.69, 9.17) is 9.47 Å². The second kappa shape index (κ2) is 12.9. The molecule has 0 heterocycles. The molecule has 0 spiro atoms. The minimum atomic E-state index is -0.388. The molecule has 0 unspecified atom stereocenters. The first-order valence-electron chi connectivity index (χ1n) is 12.3. The number of para-hydroxylation sites is 1. The van der Waals surface area contributed by atoms with E-state index in [1.54, 1.807) is 31.4 Å². The summed E-state index contributed by atoms with van der Waals surface area (Å²) in [5, 5.41) is 1.41. The van der Waals surface area contributed by atoms with Crippen molar-refractivity contribution in [2.75, 3.05) is 20.3 Å². The first-order chi connectivity index (χ1) is 17.3. The lowest BCUT2D eigenvalue weighted by atomic mass is 9.92. The van der Waals surface area contributed by atoms with E-state index < -0.39 is 0 Å². The van der Waals surface area contributed by atoms with Crippen LogP contribution in [0.3, 0.4) is 0 Å². The van der Waals surface area contributed by atoms with Gasteiger partial charge in [0.2, 0.25) is 5.91 Å². The van der Waals surface area contributed by atoms with Crippen molar-refractivity contribution in [2.45, 2.75) is 46.6 Å². The number of ether oxygens (including phenoxy) is 2. The molecule has 190 valence electrons. The molecule has 0 saturated heterocycles. The fraction of sp³-hybridized carbons (Fsp3) is 0.333. The van der Waals surface area contributed by atoms with E-state index in [1.165, 1.54) is 21.7 Å². The molecule has 0 radical (unpaired) electrons. The first-order valence-corrected chi connectivity index (χ1v) is 12.3. The number of hydrazine groups is 1. The highest BCUT2D eigenvalue weighted by Gasteiger charge is 2.22. The van der Waals surface area contributed by atoms with Crippen LogP contribution in [-0.4, -0.2) is 43.2 Å². The number of carbonyl (C=O) groups is 2. The molecule has 0 fully saturated rings. The third-order valence-corrected chi connectivity index (χ3v) is 6.20. The minimum Gasteiger partial charge on any atom is -0.490 e. The Balaban J connectivity index is 1.73. The Labute approximate surface area is 214 Å². The molecule has 6 nitrogen and oxygen atoms in total. The van der Waals surface area contributed by atoms with Gasteiger partial charge < -0.3 is 9.47 Å². The largest absolute Gasteiger partial charge is 0.490 e. The van der Waals surface area contributed by atoms with Crippen molar-refractivity contribution < 1.29 is 19.1 Å². The molecule has 0 atom stereocenters. The van der Waals surface area contributed by atoms with Crippen molar-refractivity contribution in [1.29, 1.82) is 0 Å². The standard InChI is InChI=1S/C30H36N2O4/c1-21(2)32(31-30(34)27-14-8-9-16-28(27)36-20-19-35-5)29(33)18-17-24-12-6-7-13-26(24)25-15-10-11-22(3)23(25)4/h6-16,21H,17-20H2,1-5H3,(H,31,34). The number of amides is 2. The van der Waals surface area contributed by atoms with Gasteiger partial charge in [-0.2, -0.15) is 0 Å². The van der Waals surface area contributed by atoms with Crippen LogP contribution in [0, 0.1) is 13.8 Å². The summed E-state index contributed by atoms with van der Waals surface area (Å²) in [7, 11) is 1.59. The molecule has 0 aliphatic heterocycles. The van der Waals surface area contributed by atoms with Crippen molar-refractivity contribution in [3.8, 4) is 16.9 Å². The summed E-state index contributed by atoms with van der Waals surface area (Å²) < 4.78 is 10.7. The van der Waals surface area contributed by atoms with Crippen molar-refractivity contribution in [2.24, 2.45) is 0 Å². The van der Waals surface area contributed by atoms with Gasteiger partial charge in [-0.1, -0.05) is 54.6 Å². The van der Waals surface area contributed by atoms with E-state index in [-0.39, 0.29) is 24.3 Å². The summed E-state index contributed by atoms with van der Waals surface area (Å²) in [6.45, 7) is 8.73. The van der Waals surface area contributed by atoms with Gasteiger partial charge in [-0.15, -0.1) is 0 Å². The van der Waals surface area contributed by atoms with Crippen molar-refractivity contribution in [1.82, 2.24) is 10.4 Å². The second-order valence-electron chi connectivity index (χ2n) is 9.04. The smallest absolute Gasteiger partial charge is 0.273 e. The molecule has 0 saturated carbocycles. The highest BCUT2D eigenvalue weighted by molar-refractivity contribution is 5.98. The predicted octanol–water partition coefficient (Wildman–Crippen LogP) is 5.51. The van der Waals surface area contributed by atoms with Gasteiger partial charge in [0.05, 0.1) is 12.2 Å². The Bertz CT molecular complexity index is 1190. The fourth-order valence-electron chi connectivity index (χ4n) is 4.07. The van der Waals surface area contributed by atoms with E-state index in [0.29, 0.717) is 30.9 Å². The normalized spacial score (nSPS) is 10.8. The average molecular weight is 489 g/mol. The van der Waals surface area contributed by atoms with Crippen LogP contribution >= 0.6 is 0 Å². The molecular formula is C30H36N2O4. The fourth-order valence-corrected chi connectivity index (χ4v) is 4.07. The summed E-state index contributed by atoms with van der Waals surface area (Å²) in [5.74, 6) is -0.0848. The van der Waals surface area contributed by atoms with E-state index >= 15 is 0 Å². The van der Waals surface area contributed by atoms with Gasteiger partial charge in [-0.3, -0.25) is 20.0 Å². The van der Waals surface area contributed by atoms with Crippen molar-refractivity contribution in [3.05, 3.63) is 89.0 Å². The molecule has 6 heteroatoms. The average Bonchev–Trinajstić information content (AvgIpc) is 2.88. The summed E-state index contributed by atoms with van der Waals surface area (Å²) >= 11 is 0. The lowest BCUT2D eigenvalue weighted by Crippen LogP contribution is -2.50. The lowest BCUT2D eigenvalue weighted by Gasteiger charge is -2.27. The highest BCUT2D eigenvalue weighted by Crippen LogP contribution is 2.29. The Morgan fingerprint density at radius 2 is 1.58 bits per heavy atom. The van der Waals surface area contributed by atoms with Gasteiger partial charge in [0.1, 0.15) is 12.4 Å². The Morgan fingerprint density at radius 3 is 2.33 bits per heavy atom. The number of nitrogens with zero attached hydrogens (tertiary/aromatic N) is 1. The number of nitrogens with one attached hydrogen (secondary N) is 1. The number of carbonyl (C=O) groups excluding carboxylic acids is 2. The monoisotopic (exact) mass is 488 g/mol. The molecule has 3 aromatic carbocycles. The zero-order valence-corrected chi connectivity index (χ0v) is 21.8. The summed E-state index contributed by atoms with van der Waals surface area (Å²) in [4.78, 5) is 26.3. The zero-order valence-electron chi connectivity index (χ0n) is 21.8. The number of hydrogen-bond acceptors (Lipinski definition) is 4. The van der Waals surface area contributed by atoms with Crippen LogP contribution < -0.4 is 10.2 Å². The van der Waals surface area contributed by atoms with E-state index in [9.17, 15) is 9.59 Å². The van der Waals surface area contributed by atoms with E-state index in [1.807, 2.05) is 26.0 Å². The number of hydrogen-bond donors (Lipinski definition) is 1. The quantitative estimate of drug-likeness (QED) is 0.302. The minimum absolute atomic E-state index is 0.146. The van der Waals surface area contributed by atoms with Crippen LogP contribution in [0.2, 0.25) is 0 Å². The second-order valence-corrected chi connectivity index (χ2v) is 9.04. The molecule has 0 aromatic heterocycles. The number of aryl methyl sites for hydroxylation is 2. The molecule has 1 N–H and O–H groups in total. The van der Waals surface area contributed by atoms with Gasteiger partial charge in [-0.05, 0) is 74.1 Å². The Morgan fingerprint density at radius 1 is 0.889 bits per heavy atom. The molecule has 36 heavy (non-hydrogen) atoms. The maximum atomic E-state index is 13.3. The van der Waals surface area contributed by atoms with E-state index in [2.05, 4.69) is 49.6 Å². The van der Waals surface area contributed by atoms with Crippen LogP contribution in [0.15, 0.2) is 66.7 Å². The molecule has 0 bridgehead atoms. The van der Waals surface area contributed by atoms with Gasteiger partial charge in [0.25, 0.3) is 5.91 Å². The van der Waals surface area contributed by atoms with Crippen LogP contribution in [0.25, 0.3) is 11.1 Å². The summed E-state index contributed by atoms with van der Waals surface area (Å²) in [6.07, 6.45) is 0.838. The topological polar surface area (TPSA) is 67.9 Å². The van der Waals surface area contributed by atoms with Crippen LogP contribution in [0.1, 0.15) is 47.3 Å². The van der Waals surface area contributed by atoms with Gasteiger partial charge >= 0.3 is 0 Å². The van der Waals surface area contributed by atoms with Crippen molar-refractivity contribution >= 4 is 11.8 Å². The van der Waals surface area contributed by atoms with Crippen LogP contribution in [-0.2, 0) is 16.0 Å². The summed E-state index contributed by atoms with van der Waals surface area (Å²) in [6, 6.07) is 21.2. The SMILES string of the molecule is COCCOc1ccccc1C(=O)NN(C(=O)CCc1ccccc1-c1cccc(C)c1C)C(C)C.